The first-order chi connectivity index (χ1) is 16.0. The van der Waals surface area contributed by atoms with Crippen LogP contribution < -0.4 is 10.6 Å². The molecule has 0 spiro atoms. The van der Waals surface area contributed by atoms with E-state index in [1.54, 1.807) is 31.2 Å². The molecule has 4 aromatic rings. The van der Waals surface area contributed by atoms with Gasteiger partial charge in [0.1, 0.15) is 9.71 Å². The van der Waals surface area contributed by atoms with E-state index < -0.39 is 5.97 Å². The van der Waals surface area contributed by atoms with Crippen molar-refractivity contribution in [2.24, 2.45) is 0 Å². The third-order valence-corrected chi connectivity index (χ3v) is 6.16. The SMILES string of the molecule is CCOC(=O)c1sc2nc(-c3ccccc3)cc(C)c2c1NC(=S)NC(=O)c1ccccc1. The standard InChI is InChI=1S/C25H21N3O3S2/c1-3-31-24(30)21-20(27-25(32)28-22(29)17-12-8-5-9-13-17)19-15(2)14-18(26-23(19)33-21)16-10-6-4-7-11-16/h4-14H,3H2,1-2H3,(H2,27,28,29,32). The lowest BCUT2D eigenvalue weighted by Gasteiger charge is -2.12. The number of aryl methyl sites for hydroxylation is 1. The number of nitrogens with zero attached hydrogens (tertiary/aromatic N) is 1. The molecular formula is C25H21N3O3S2. The van der Waals surface area contributed by atoms with E-state index >= 15 is 0 Å². The number of fused-ring (bicyclic) bond motifs is 1. The van der Waals surface area contributed by atoms with Crippen molar-refractivity contribution in [1.82, 2.24) is 10.3 Å². The monoisotopic (exact) mass is 475 g/mol. The highest BCUT2D eigenvalue weighted by molar-refractivity contribution is 7.80. The number of aromatic nitrogens is 1. The molecule has 6 nitrogen and oxygen atoms in total. The fourth-order valence-corrected chi connectivity index (χ4v) is 4.70. The van der Waals surface area contributed by atoms with Gasteiger partial charge in [-0.3, -0.25) is 10.1 Å². The van der Waals surface area contributed by atoms with Gasteiger partial charge in [0.25, 0.3) is 5.91 Å². The van der Waals surface area contributed by atoms with Gasteiger partial charge >= 0.3 is 5.97 Å². The van der Waals surface area contributed by atoms with E-state index in [0.29, 0.717) is 21.0 Å². The summed E-state index contributed by atoms with van der Waals surface area (Å²) < 4.78 is 5.26. The number of carbonyl (C=O) groups excluding carboxylic acids is 2. The Hall–Kier alpha value is -3.62. The zero-order chi connectivity index (χ0) is 23.4. The van der Waals surface area contributed by atoms with Crippen LogP contribution in [-0.2, 0) is 4.74 Å². The summed E-state index contributed by atoms with van der Waals surface area (Å²) in [6.07, 6.45) is 0. The maximum Gasteiger partial charge on any atom is 0.350 e. The molecule has 0 unspecified atom stereocenters. The van der Waals surface area contributed by atoms with Crippen molar-refractivity contribution in [1.29, 1.82) is 0 Å². The number of ether oxygens (including phenoxy) is 1. The van der Waals surface area contributed by atoms with E-state index in [9.17, 15) is 9.59 Å². The summed E-state index contributed by atoms with van der Waals surface area (Å²) in [5.41, 5.74) is 3.67. The van der Waals surface area contributed by atoms with Gasteiger partial charge in [-0.25, -0.2) is 9.78 Å². The average Bonchev–Trinajstić information content (AvgIpc) is 3.19. The van der Waals surface area contributed by atoms with Crippen molar-refractivity contribution in [3.8, 4) is 11.3 Å². The topological polar surface area (TPSA) is 80.3 Å². The van der Waals surface area contributed by atoms with Gasteiger partial charge in [0.05, 0.1) is 18.0 Å². The fourth-order valence-electron chi connectivity index (χ4n) is 3.41. The predicted octanol–water partition coefficient (Wildman–Crippen LogP) is 5.58. The summed E-state index contributed by atoms with van der Waals surface area (Å²) in [7, 11) is 0. The van der Waals surface area contributed by atoms with Crippen molar-refractivity contribution >= 4 is 56.4 Å². The number of thiophene rings is 1. The molecule has 0 bridgehead atoms. The molecule has 4 rings (SSSR count). The number of hydrogen-bond acceptors (Lipinski definition) is 6. The zero-order valence-electron chi connectivity index (χ0n) is 18.0. The molecule has 2 heterocycles. The first-order valence-electron chi connectivity index (χ1n) is 10.3. The Labute approximate surface area is 200 Å². The van der Waals surface area contributed by atoms with Crippen LogP contribution in [-0.4, -0.2) is 28.6 Å². The van der Waals surface area contributed by atoms with Crippen molar-refractivity contribution in [3.05, 3.63) is 82.7 Å². The predicted molar refractivity (Wildman–Crippen MR) is 136 cm³/mol. The number of nitrogens with one attached hydrogen (secondary N) is 2. The van der Waals surface area contributed by atoms with Crippen LogP contribution in [0.2, 0.25) is 0 Å². The largest absolute Gasteiger partial charge is 0.462 e. The molecule has 0 saturated carbocycles. The Balaban J connectivity index is 1.72. The van der Waals surface area contributed by atoms with Gasteiger partial charge in [-0.1, -0.05) is 48.5 Å². The summed E-state index contributed by atoms with van der Waals surface area (Å²) in [4.78, 5) is 31.0. The maximum atomic E-state index is 12.7. The van der Waals surface area contributed by atoms with Gasteiger partial charge in [-0.05, 0) is 49.8 Å². The molecule has 0 radical (unpaired) electrons. The molecule has 0 aliphatic carbocycles. The smallest absolute Gasteiger partial charge is 0.350 e. The number of pyridine rings is 1. The lowest BCUT2D eigenvalue weighted by atomic mass is 10.1. The Morgan fingerprint density at radius 3 is 2.39 bits per heavy atom. The van der Waals surface area contributed by atoms with Crippen LogP contribution in [0.5, 0.6) is 0 Å². The van der Waals surface area contributed by atoms with Gasteiger partial charge in [0, 0.05) is 16.5 Å². The lowest BCUT2D eigenvalue weighted by Crippen LogP contribution is -2.34. The third kappa shape index (κ3) is 4.92. The van der Waals surface area contributed by atoms with Crippen LogP contribution in [0.4, 0.5) is 5.69 Å². The minimum absolute atomic E-state index is 0.0839. The van der Waals surface area contributed by atoms with Gasteiger partial charge in [0.2, 0.25) is 0 Å². The second-order valence-electron chi connectivity index (χ2n) is 7.17. The van der Waals surface area contributed by atoms with Gasteiger partial charge in [0.15, 0.2) is 5.11 Å². The van der Waals surface area contributed by atoms with Crippen LogP contribution in [0, 0.1) is 6.92 Å². The second-order valence-corrected chi connectivity index (χ2v) is 8.58. The summed E-state index contributed by atoms with van der Waals surface area (Å²) in [6, 6.07) is 20.6. The highest BCUT2D eigenvalue weighted by Crippen LogP contribution is 2.39. The molecule has 8 heteroatoms. The number of carbonyl (C=O) groups is 2. The Bertz CT molecular complexity index is 1340. The number of amides is 1. The van der Waals surface area contributed by atoms with Crippen molar-refractivity contribution in [2.45, 2.75) is 13.8 Å². The zero-order valence-corrected chi connectivity index (χ0v) is 19.7. The van der Waals surface area contributed by atoms with Crippen molar-refractivity contribution in [3.63, 3.8) is 0 Å². The van der Waals surface area contributed by atoms with Crippen LogP contribution in [0.3, 0.4) is 0 Å². The van der Waals surface area contributed by atoms with Gasteiger partial charge < -0.3 is 10.1 Å². The summed E-state index contributed by atoms with van der Waals surface area (Å²) in [6.45, 7) is 3.94. The van der Waals surface area contributed by atoms with E-state index in [2.05, 4.69) is 10.6 Å². The second kappa shape index (κ2) is 9.89. The number of benzene rings is 2. The molecular weight excluding hydrogens is 454 g/mol. The van der Waals surface area contributed by atoms with Gasteiger partial charge in [-0.2, -0.15) is 0 Å². The minimum atomic E-state index is -0.471. The number of anilines is 1. The van der Waals surface area contributed by atoms with E-state index in [1.165, 1.54) is 11.3 Å². The molecule has 2 aromatic heterocycles. The fraction of sp³-hybridized carbons (Fsp3) is 0.120. The molecule has 1 amide bonds. The summed E-state index contributed by atoms with van der Waals surface area (Å²) in [5, 5.41) is 6.56. The van der Waals surface area contributed by atoms with Crippen LogP contribution in [0.15, 0.2) is 66.7 Å². The minimum Gasteiger partial charge on any atom is -0.462 e. The lowest BCUT2D eigenvalue weighted by molar-refractivity contribution is 0.0533. The Morgan fingerprint density at radius 1 is 1.06 bits per heavy atom. The molecule has 33 heavy (non-hydrogen) atoms. The van der Waals surface area contributed by atoms with Crippen molar-refractivity contribution < 1.29 is 14.3 Å². The molecule has 0 atom stereocenters. The average molecular weight is 476 g/mol. The Kier molecular flexibility index (Phi) is 6.76. The first-order valence-corrected chi connectivity index (χ1v) is 11.5. The van der Waals surface area contributed by atoms with Crippen LogP contribution in [0.1, 0.15) is 32.5 Å². The highest BCUT2D eigenvalue weighted by atomic mass is 32.1. The maximum absolute atomic E-state index is 12.7. The van der Waals surface area contributed by atoms with Crippen LogP contribution >= 0.6 is 23.6 Å². The van der Waals surface area contributed by atoms with E-state index in [0.717, 1.165) is 22.2 Å². The van der Waals surface area contributed by atoms with E-state index in [-0.39, 0.29) is 17.6 Å². The number of rotatable bonds is 5. The number of thiocarbonyl (C=S) groups is 1. The van der Waals surface area contributed by atoms with Gasteiger partial charge in [-0.15, -0.1) is 11.3 Å². The number of esters is 1. The molecule has 166 valence electrons. The van der Waals surface area contributed by atoms with Crippen molar-refractivity contribution in [2.75, 3.05) is 11.9 Å². The first kappa shape index (κ1) is 22.6. The molecule has 0 aliphatic rings. The molecule has 0 saturated heterocycles. The Morgan fingerprint density at radius 2 is 1.73 bits per heavy atom. The molecule has 2 N–H and O–H groups in total. The summed E-state index contributed by atoms with van der Waals surface area (Å²) in [5.74, 6) is -0.813. The van der Waals surface area contributed by atoms with E-state index in [1.807, 2.05) is 49.4 Å². The molecule has 2 aromatic carbocycles. The highest BCUT2D eigenvalue weighted by Gasteiger charge is 2.24. The van der Waals surface area contributed by atoms with E-state index in [4.69, 9.17) is 21.9 Å². The third-order valence-electron chi connectivity index (χ3n) is 4.89. The normalized spacial score (nSPS) is 10.6. The summed E-state index contributed by atoms with van der Waals surface area (Å²) >= 11 is 6.62. The molecule has 0 fully saturated rings. The number of hydrogen-bond donors (Lipinski definition) is 2. The quantitative estimate of drug-likeness (QED) is 0.290. The molecule has 0 aliphatic heterocycles. The van der Waals surface area contributed by atoms with Crippen LogP contribution in [0.25, 0.3) is 21.5 Å².